The molecule has 1 saturated heterocycles. The number of unbranched alkanes of at least 4 members (excludes halogenated alkanes) is 1. The van der Waals surface area contributed by atoms with Crippen molar-refractivity contribution in [3.8, 4) is 0 Å². The molecule has 1 atom stereocenters. The van der Waals surface area contributed by atoms with Gasteiger partial charge in [0.25, 0.3) is 0 Å². The van der Waals surface area contributed by atoms with E-state index in [9.17, 15) is 4.79 Å². The molecule has 4 nitrogen and oxygen atoms in total. The van der Waals surface area contributed by atoms with Crippen LogP contribution in [0.1, 0.15) is 50.8 Å². The smallest absolute Gasteiger partial charge is 0.305 e. The molecule has 1 fully saturated rings. The predicted octanol–water partition coefficient (Wildman–Crippen LogP) is 2.89. The Kier molecular flexibility index (Phi) is 5.45. The Morgan fingerprint density at radius 2 is 2.42 bits per heavy atom. The highest BCUT2D eigenvalue weighted by Gasteiger charge is 2.25. The molecule has 1 aliphatic rings. The SMILES string of the molecule is CCOC(=O)CCCCN1CCC[C@@H]1c1ccc[nH]1. The Labute approximate surface area is 115 Å². The quantitative estimate of drug-likeness (QED) is 0.608. The Hall–Kier alpha value is -1.29. The van der Waals surface area contributed by atoms with Gasteiger partial charge < -0.3 is 9.72 Å². The Morgan fingerprint density at radius 1 is 1.53 bits per heavy atom. The van der Waals surface area contributed by atoms with Gasteiger partial charge in [0.1, 0.15) is 0 Å². The van der Waals surface area contributed by atoms with Crippen LogP contribution in [0.4, 0.5) is 0 Å². The minimum absolute atomic E-state index is 0.0650. The van der Waals surface area contributed by atoms with Crippen molar-refractivity contribution < 1.29 is 9.53 Å². The van der Waals surface area contributed by atoms with Crippen LogP contribution in [0.5, 0.6) is 0 Å². The first-order valence-corrected chi connectivity index (χ1v) is 7.34. The van der Waals surface area contributed by atoms with Crippen molar-refractivity contribution in [3.63, 3.8) is 0 Å². The zero-order valence-corrected chi connectivity index (χ0v) is 11.7. The van der Waals surface area contributed by atoms with E-state index in [-0.39, 0.29) is 5.97 Å². The van der Waals surface area contributed by atoms with E-state index in [2.05, 4.69) is 22.0 Å². The molecule has 1 aromatic heterocycles. The van der Waals surface area contributed by atoms with Crippen LogP contribution in [0, 0.1) is 0 Å². The first-order valence-electron chi connectivity index (χ1n) is 7.34. The summed E-state index contributed by atoms with van der Waals surface area (Å²) in [4.78, 5) is 17.1. The van der Waals surface area contributed by atoms with Gasteiger partial charge in [-0.2, -0.15) is 0 Å². The molecule has 0 aliphatic carbocycles. The lowest BCUT2D eigenvalue weighted by Gasteiger charge is -2.23. The highest BCUT2D eigenvalue weighted by molar-refractivity contribution is 5.69. The van der Waals surface area contributed by atoms with Gasteiger partial charge in [-0.05, 0) is 57.8 Å². The molecule has 1 aliphatic heterocycles. The van der Waals surface area contributed by atoms with Crippen LogP contribution in [0.2, 0.25) is 0 Å². The van der Waals surface area contributed by atoms with E-state index in [0.29, 0.717) is 19.1 Å². The van der Waals surface area contributed by atoms with Crippen LogP contribution < -0.4 is 0 Å². The van der Waals surface area contributed by atoms with Crippen molar-refractivity contribution in [3.05, 3.63) is 24.0 Å². The lowest BCUT2D eigenvalue weighted by Crippen LogP contribution is -2.24. The summed E-state index contributed by atoms with van der Waals surface area (Å²) in [5, 5.41) is 0. The van der Waals surface area contributed by atoms with E-state index in [1.165, 1.54) is 25.1 Å². The Morgan fingerprint density at radius 3 is 3.16 bits per heavy atom. The highest BCUT2D eigenvalue weighted by atomic mass is 16.5. The Bertz CT molecular complexity index is 376. The largest absolute Gasteiger partial charge is 0.466 e. The third kappa shape index (κ3) is 4.10. The summed E-state index contributed by atoms with van der Waals surface area (Å²) in [6.07, 6.45) is 7.03. The number of aromatic nitrogens is 1. The van der Waals surface area contributed by atoms with Crippen LogP contribution in [0.3, 0.4) is 0 Å². The van der Waals surface area contributed by atoms with E-state index < -0.39 is 0 Å². The molecule has 0 spiro atoms. The van der Waals surface area contributed by atoms with Crippen LogP contribution in [-0.2, 0) is 9.53 Å². The predicted molar refractivity (Wildman–Crippen MR) is 74.8 cm³/mol. The van der Waals surface area contributed by atoms with Crippen molar-refractivity contribution >= 4 is 5.97 Å². The number of nitrogens with one attached hydrogen (secondary N) is 1. The molecule has 4 heteroatoms. The Balaban J connectivity index is 1.69. The molecule has 2 heterocycles. The summed E-state index contributed by atoms with van der Waals surface area (Å²) in [6.45, 7) is 4.58. The molecule has 1 aromatic rings. The van der Waals surface area contributed by atoms with Gasteiger partial charge in [0.05, 0.1) is 6.61 Å². The molecule has 1 N–H and O–H groups in total. The van der Waals surface area contributed by atoms with Crippen molar-refractivity contribution in [1.29, 1.82) is 0 Å². The standard InChI is InChI=1S/C15H24N2O2/c1-2-19-15(18)9-3-4-11-17-12-6-8-14(17)13-7-5-10-16-13/h5,7,10,14,16H,2-4,6,8-9,11-12H2,1H3/t14-/m1/s1. The van der Waals surface area contributed by atoms with Crippen LogP contribution in [-0.4, -0.2) is 35.5 Å². The molecule has 0 radical (unpaired) electrons. The van der Waals surface area contributed by atoms with E-state index in [0.717, 1.165) is 19.4 Å². The van der Waals surface area contributed by atoms with Crippen LogP contribution in [0.25, 0.3) is 0 Å². The number of carbonyl (C=O) groups excluding carboxylic acids is 1. The zero-order valence-electron chi connectivity index (χ0n) is 11.7. The number of ether oxygens (including phenoxy) is 1. The second-order valence-corrected chi connectivity index (χ2v) is 5.08. The summed E-state index contributed by atoms with van der Waals surface area (Å²) in [5.74, 6) is -0.0650. The molecule has 0 saturated carbocycles. The van der Waals surface area contributed by atoms with Crippen molar-refractivity contribution in [2.45, 2.75) is 45.1 Å². The van der Waals surface area contributed by atoms with Crippen LogP contribution in [0.15, 0.2) is 18.3 Å². The van der Waals surface area contributed by atoms with Gasteiger partial charge in [0.15, 0.2) is 0 Å². The topological polar surface area (TPSA) is 45.3 Å². The molecule has 0 bridgehead atoms. The van der Waals surface area contributed by atoms with Crippen molar-refractivity contribution in [2.24, 2.45) is 0 Å². The van der Waals surface area contributed by atoms with Gasteiger partial charge in [0, 0.05) is 24.4 Å². The van der Waals surface area contributed by atoms with E-state index >= 15 is 0 Å². The summed E-state index contributed by atoms with van der Waals surface area (Å²) in [6, 6.07) is 4.77. The fraction of sp³-hybridized carbons (Fsp3) is 0.667. The number of rotatable bonds is 7. The second-order valence-electron chi connectivity index (χ2n) is 5.08. The average Bonchev–Trinajstić information content (AvgIpc) is 3.05. The van der Waals surface area contributed by atoms with Gasteiger partial charge in [-0.3, -0.25) is 9.69 Å². The lowest BCUT2D eigenvalue weighted by molar-refractivity contribution is -0.143. The first-order chi connectivity index (χ1) is 9.31. The van der Waals surface area contributed by atoms with Gasteiger partial charge in [0.2, 0.25) is 0 Å². The third-order valence-corrected chi connectivity index (χ3v) is 3.73. The number of likely N-dealkylation sites (tertiary alicyclic amines) is 1. The first kappa shape index (κ1) is 14.1. The summed E-state index contributed by atoms with van der Waals surface area (Å²) < 4.78 is 4.94. The minimum atomic E-state index is -0.0650. The molecule has 19 heavy (non-hydrogen) atoms. The number of nitrogens with zero attached hydrogens (tertiary/aromatic N) is 1. The molecular weight excluding hydrogens is 240 g/mol. The molecule has 0 amide bonds. The number of carbonyl (C=O) groups is 1. The monoisotopic (exact) mass is 264 g/mol. The normalized spacial score (nSPS) is 19.7. The maximum Gasteiger partial charge on any atom is 0.305 e. The zero-order chi connectivity index (χ0) is 13.5. The number of aromatic amines is 1. The van der Waals surface area contributed by atoms with Crippen molar-refractivity contribution in [1.82, 2.24) is 9.88 Å². The van der Waals surface area contributed by atoms with Gasteiger partial charge in [-0.1, -0.05) is 0 Å². The number of H-pyrrole nitrogens is 1. The van der Waals surface area contributed by atoms with Gasteiger partial charge >= 0.3 is 5.97 Å². The molecule has 106 valence electrons. The summed E-state index contributed by atoms with van der Waals surface area (Å²) in [5.41, 5.74) is 1.32. The maximum absolute atomic E-state index is 11.2. The minimum Gasteiger partial charge on any atom is -0.466 e. The average molecular weight is 264 g/mol. The molecule has 2 rings (SSSR count). The number of hydrogen-bond acceptors (Lipinski definition) is 3. The highest BCUT2D eigenvalue weighted by Crippen LogP contribution is 2.30. The number of esters is 1. The molecule has 0 aromatic carbocycles. The van der Waals surface area contributed by atoms with Gasteiger partial charge in [-0.15, -0.1) is 0 Å². The maximum atomic E-state index is 11.2. The fourth-order valence-corrected chi connectivity index (χ4v) is 2.81. The number of hydrogen-bond donors (Lipinski definition) is 1. The van der Waals surface area contributed by atoms with E-state index in [4.69, 9.17) is 4.74 Å². The summed E-state index contributed by atoms with van der Waals surface area (Å²) >= 11 is 0. The third-order valence-electron chi connectivity index (χ3n) is 3.73. The van der Waals surface area contributed by atoms with Crippen LogP contribution >= 0.6 is 0 Å². The second kappa shape index (κ2) is 7.34. The molecular formula is C15H24N2O2. The van der Waals surface area contributed by atoms with E-state index in [1.54, 1.807) is 0 Å². The fourth-order valence-electron chi connectivity index (χ4n) is 2.81. The lowest BCUT2D eigenvalue weighted by atomic mass is 10.1. The van der Waals surface area contributed by atoms with Crippen molar-refractivity contribution in [2.75, 3.05) is 19.7 Å². The van der Waals surface area contributed by atoms with Gasteiger partial charge in [-0.25, -0.2) is 0 Å². The van der Waals surface area contributed by atoms with E-state index in [1.807, 2.05) is 13.1 Å². The molecule has 0 unspecified atom stereocenters. The summed E-state index contributed by atoms with van der Waals surface area (Å²) in [7, 11) is 0.